The number of halogens is 1. The zero-order chi connectivity index (χ0) is 29.1. The summed E-state index contributed by atoms with van der Waals surface area (Å²) in [6.07, 6.45) is 0.249. The number of urea groups is 1. The summed E-state index contributed by atoms with van der Waals surface area (Å²) in [5.41, 5.74) is 3.07. The number of hydrogen-bond acceptors (Lipinski definition) is 4. The molecule has 2 heterocycles. The molecule has 1 N–H and O–H groups in total. The largest absolute Gasteiger partial charge is 0.341 e. The molecule has 0 saturated carbocycles. The fourth-order valence-electron chi connectivity index (χ4n) is 5.31. The van der Waals surface area contributed by atoms with E-state index in [1.54, 1.807) is 46.5 Å². The molecule has 41 heavy (non-hydrogen) atoms. The molecule has 210 valence electrons. The molecule has 1 saturated heterocycles. The van der Waals surface area contributed by atoms with Crippen LogP contribution >= 0.6 is 15.9 Å². The summed E-state index contributed by atoms with van der Waals surface area (Å²) in [4.78, 5) is 55.7. The first-order valence-corrected chi connectivity index (χ1v) is 14.4. The maximum Gasteiger partial charge on any atom is 0.317 e. The minimum atomic E-state index is -0.238. The van der Waals surface area contributed by atoms with Crippen LogP contribution in [0.4, 0.5) is 4.79 Å². The van der Waals surface area contributed by atoms with E-state index in [1.807, 2.05) is 54.6 Å². The Morgan fingerprint density at radius 1 is 0.854 bits per heavy atom. The average molecular weight is 616 g/mol. The fourth-order valence-corrected chi connectivity index (χ4v) is 5.67. The highest BCUT2D eigenvalue weighted by Crippen LogP contribution is 2.33. The molecule has 4 aromatic rings. The molecule has 0 bridgehead atoms. The van der Waals surface area contributed by atoms with Gasteiger partial charge in [0, 0.05) is 60.6 Å². The predicted octanol–water partition coefficient (Wildman–Crippen LogP) is 5.17. The van der Waals surface area contributed by atoms with Gasteiger partial charge in [0.2, 0.25) is 0 Å². The minimum Gasteiger partial charge on any atom is -0.341 e. The van der Waals surface area contributed by atoms with E-state index in [1.165, 1.54) is 0 Å². The molecule has 3 amide bonds. The Bertz CT molecular complexity index is 1670. The van der Waals surface area contributed by atoms with Gasteiger partial charge in [-0.2, -0.15) is 0 Å². The van der Waals surface area contributed by atoms with Crippen LogP contribution in [0.5, 0.6) is 0 Å². The molecule has 0 atom stereocenters. The number of ketones is 1. The number of fused-ring (bicyclic) bond motifs is 1. The number of benzene rings is 3. The number of piperazine rings is 1. The number of rotatable bonds is 6. The zero-order valence-electron chi connectivity index (χ0n) is 23.0. The Hall–Kier alpha value is -4.24. The predicted molar refractivity (Wildman–Crippen MR) is 163 cm³/mol. The van der Waals surface area contributed by atoms with Crippen LogP contribution in [0.15, 0.2) is 82.1 Å². The first-order chi connectivity index (χ1) is 19.8. The van der Waals surface area contributed by atoms with E-state index >= 15 is 0 Å². The van der Waals surface area contributed by atoms with Gasteiger partial charge >= 0.3 is 6.03 Å². The van der Waals surface area contributed by atoms with Gasteiger partial charge in [-0.3, -0.25) is 19.0 Å². The molecule has 8 nitrogen and oxygen atoms in total. The smallest absolute Gasteiger partial charge is 0.317 e. The topological polar surface area (TPSA) is 91.7 Å². The summed E-state index contributed by atoms with van der Waals surface area (Å²) in [6, 6.07) is 22.2. The van der Waals surface area contributed by atoms with Gasteiger partial charge < -0.3 is 15.1 Å². The Morgan fingerprint density at radius 3 is 2.15 bits per heavy atom. The molecule has 0 aliphatic carbocycles. The standard InChI is InChI=1S/C32H31BrN4O4/c1-3-27(38)29-28(22-7-5-4-6-8-22)26-19-24(33)13-14-25(26)31(40)37(29)20-21-9-11-23(12-10-21)30(39)35-15-17-36(18-16-35)32(41)34-2/h4-14,19H,3,15-18,20H2,1-2H3,(H,34,41). The van der Waals surface area contributed by atoms with E-state index in [0.29, 0.717) is 42.8 Å². The molecule has 9 heteroatoms. The number of amides is 3. The molecule has 5 rings (SSSR count). The van der Waals surface area contributed by atoms with Gasteiger partial charge in [-0.25, -0.2) is 4.79 Å². The lowest BCUT2D eigenvalue weighted by molar-refractivity contribution is 0.0666. The number of pyridine rings is 1. The summed E-state index contributed by atoms with van der Waals surface area (Å²) < 4.78 is 2.39. The minimum absolute atomic E-state index is 0.102. The summed E-state index contributed by atoms with van der Waals surface area (Å²) in [6.45, 7) is 3.85. The molecule has 0 spiro atoms. The molecular weight excluding hydrogens is 584 g/mol. The molecule has 1 aromatic heterocycles. The number of nitrogens with one attached hydrogen (secondary N) is 1. The summed E-state index contributed by atoms with van der Waals surface area (Å²) in [7, 11) is 1.59. The molecular formula is C32H31BrN4O4. The van der Waals surface area contributed by atoms with Crippen LogP contribution in [0.25, 0.3) is 21.9 Å². The number of hydrogen-bond donors (Lipinski definition) is 1. The van der Waals surface area contributed by atoms with Gasteiger partial charge in [0.15, 0.2) is 5.78 Å². The maximum absolute atomic E-state index is 13.8. The highest BCUT2D eigenvalue weighted by molar-refractivity contribution is 9.10. The second-order valence-electron chi connectivity index (χ2n) is 9.98. The lowest BCUT2D eigenvalue weighted by Gasteiger charge is -2.34. The average Bonchev–Trinajstić information content (AvgIpc) is 3.01. The van der Waals surface area contributed by atoms with E-state index in [9.17, 15) is 19.2 Å². The Balaban J connectivity index is 1.50. The maximum atomic E-state index is 13.8. The summed E-state index contributed by atoms with van der Waals surface area (Å²) in [5.74, 6) is -0.222. The number of carbonyl (C=O) groups excluding carboxylic acids is 3. The third-order valence-electron chi connectivity index (χ3n) is 7.49. The second-order valence-corrected chi connectivity index (χ2v) is 10.9. The van der Waals surface area contributed by atoms with Crippen molar-refractivity contribution in [3.63, 3.8) is 0 Å². The van der Waals surface area contributed by atoms with Crippen LogP contribution in [-0.2, 0) is 6.54 Å². The number of nitrogens with zero attached hydrogens (tertiary/aromatic N) is 3. The van der Waals surface area contributed by atoms with Crippen molar-refractivity contribution in [3.8, 4) is 11.1 Å². The Labute approximate surface area is 246 Å². The van der Waals surface area contributed by atoms with Crippen LogP contribution in [-0.4, -0.2) is 65.3 Å². The Morgan fingerprint density at radius 2 is 1.51 bits per heavy atom. The molecule has 1 aliphatic heterocycles. The quantitative estimate of drug-likeness (QED) is 0.303. The van der Waals surface area contributed by atoms with Crippen molar-refractivity contribution in [1.29, 1.82) is 0 Å². The van der Waals surface area contributed by atoms with Crippen LogP contribution in [0.3, 0.4) is 0 Å². The number of aromatic nitrogens is 1. The lowest BCUT2D eigenvalue weighted by atomic mass is 9.94. The van der Waals surface area contributed by atoms with E-state index in [2.05, 4.69) is 21.2 Å². The lowest BCUT2D eigenvalue weighted by Crippen LogP contribution is -2.52. The highest BCUT2D eigenvalue weighted by Gasteiger charge is 2.25. The van der Waals surface area contributed by atoms with E-state index in [4.69, 9.17) is 0 Å². The SMILES string of the molecule is CCC(=O)c1c(-c2ccccc2)c2cc(Br)ccc2c(=O)n1Cc1ccc(C(=O)N2CCN(C(=O)NC)CC2)cc1. The van der Waals surface area contributed by atoms with Crippen molar-refractivity contribution >= 4 is 44.4 Å². The van der Waals surface area contributed by atoms with Gasteiger partial charge in [0.1, 0.15) is 0 Å². The molecule has 1 fully saturated rings. The van der Waals surface area contributed by atoms with Gasteiger partial charge in [-0.1, -0.05) is 65.3 Å². The summed E-state index contributed by atoms with van der Waals surface area (Å²) >= 11 is 3.53. The fraction of sp³-hybridized carbons (Fsp3) is 0.250. The third kappa shape index (κ3) is 5.67. The number of carbonyl (C=O) groups is 3. The van der Waals surface area contributed by atoms with Crippen LogP contribution in [0, 0.1) is 0 Å². The first kappa shape index (κ1) is 28.3. The normalized spacial score (nSPS) is 13.3. The molecule has 0 radical (unpaired) electrons. The molecule has 3 aromatic carbocycles. The van der Waals surface area contributed by atoms with E-state index < -0.39 is 0 Å². The van der Waals surface area contributed by atoms with Gasteiger partial charge in [-0.15, -0.1) is 0 Å². The van der Waals surface area contributed by atoms with Crippen molar-refractivity contribution in [1.82, 2.24) is 19.7 Å². The van der Waals surface area contributed by atoms with Crippen molar-refractivity contribution in [2.45, 2.75) is 19.9 Å². The first-order valence-electron chi connectivity index (χ1n) is 13.6. The van der Waals surface area contributed by atoms with E-state index in [-0.39, 0.29) is 36.2 Å². The van der Waals surface area contributed by atoms with Crippen LogP contribution < -0.4 is 10.9 Å². The van der Waals surface area contributed by atoms with Crippen molar-refractivity contribution in [2.75, 3.05) is 33.2 Å². The number of Topliss-reactive ketones (excluding diaryl/α,β-unsaturated/α-hetero) is 1. The third-order valence-corrected chi connectivity index (χ3v) is 7.98. The zero-order valence-corrected chi connectivity index (χ0v) is 24.6. The highest BCUT2D eigenvalue weighted by atomic mass is 79.9. The van der Waals surface area contributed by atoms with Gasteiger partial charge in [0.25, 0.3) is 11.5 Å². The van der Waals surface area contributed by atoms with Gasteiger partial charge in [0.05, 0.1) is 12.2 Å². The van der Waals surface area contributed by atoms with Crippen LogP contribution in [0.1, 0.15) is 39.8 Å². The van der Waals surface area contributed by atoms with Crippen molar-refractivity contribution in [3.05, 3.63) is 104 Å². The van der Waals surface area contributed by atoms with Crippen LogP contribution in [0.2, 0.25) is 0 Å². The van der Waals surface area contributed by atoms with E-state index in [0.717, 1.165) is 26.5 Å². The molecule has 1 aliphatic rings. The summed E-state index contributed by atoms with van der Waals surface area (Å²) in [5, 5.41) is 3.87. The van der Waals surface area contributed by atoms with Gasteiger partial charge in [-0.05, 0) is 46.8 Å². The van der Waals surface area contributed by atoms with Crippen molar-refractivity contribution < 1.29 is 14.4 Å². The molecule has 0 unspecified atom stereocenters. The monoisotopic (exact) mass is 614 g/mol. The van der Waals surface area contributed by atoms with Crippen molar-refractivity contribution in [2.24, 2.45) is 0 Å². The second kappa shape index (κ2) is 12.1. The Kier molecular flexibility index (Phi) is 8.35.